The third-order valence-corrected chi connectivity index (χ3v) is 5.69. The Kier molecular flexibility index (Phi) is 2.34. The molecule has 1 aromatic carbocycles. The zero-order valence-corrected chi connectivity index (χ0v) is 11.5. The fourth-order valence-electron chi connectivity index (χ4n) is 4.70. The first kappa shape index (κ1) is 11.5. The molecule has 0 radical (unpaired) electrons. The summed E-state index contributed by atoms with van der Waals surface area (Å²) in [7, 11) is 2.27. The second-order valence-electron chi connectivity index (χ2n) is 6.49. The lowest BCUT2D eigenvalue weighted by molar-refractivity contribution is 0.0476. The van der Waals surface area contributed by atoms with Gasteiger partial charge in [-0.05, 0) is 62.5 Å². The van der Waals surface area contributed by atoms with Gasteiger partial charge in [0.25, 0.3) is 0 Å². The van der Waals surface area contributed by atoms with Gasteiger partial charge in [-0.3, -0.25) is 0 Å². The number of hydrogen-bond donors (Lipinski definition) is 1. The topological polar surface area (TPSA) is 23.5 Å². The summed E-state index contributed by atoms with van der Waals surface area (Å²) >= 11 is 0. The van der Waals surface area contributed by atoms with Gasteiger partial charge in [0, 0.05) is 17.4 Å². The van der Waals surface area contributed by atoms with E-state index in [0.29, 0.717) is 17.7 Å². The Labute approximate surface area is 114 Å². The molecule has 2 heteroatoms. The Morgan fingerprint density at radius 1 is 1.32 bits per heavy atom. The van der Waals surface area contributed by atoms with E-state index in [1.165, 1.54) is 36.9 Å². The molecule has 1 heterocycles. The molecule has 0 unspecified atom stereocenters. The van der Waals surface area contributed by atoms with Crippen LogP contribution in [0, 0.1) is 5.92 Å². The summed E-state index contributed by atoms with van der Waals surface area (Å²) in [6.45, 7) is 1.18. The Bertz CT molecular complexity index is 550. The molecule has 1 aliphatic heterocycles. The van der Waals surface area contributed by atoms with Crippen LogP contribution in [-0.2, 0) is 11.8 Å². The normalized spacial score (nSPS) is 36.7. The summed E-state index contributed by atoms with van der Waals surface area (Å²) in [4.78, 5) is 2.54. The van der Waals surface area contributed by atoms with Crippen molar-refractivity contribution in [3.63, 3.8) is 0 Å². The van der Waals surface area contributed by atoms with Crippen molar-refractivity contribution in [1.29, 1.82) is 0 Å². The molecule has 100 valence electrons. The maximum Gasteiger partial charge on any atom is 0.115 e. The van der Waals surface area contributed by atoms with Crippen molar-refractivity contribution in [1.82, 2.24) is 4.90 Å². The highest BCUT2D eigenvalue weighted by Crippen LogP contribution is 2.53. The van der Waals surface area contributed by atoms with Crippen molar-refractivity contribution in [2.24, 2.45) is 5.92 Å². The van der Waals surface area contributed by atoms with E-state index in [1.807, 2.05) is 12.1 Å². The zero-order valence-electron chi connectivity index (χ0n) is 11.5. The minimum absolute atomic E-state index is 0.290. The van der Waals surface area contributed by atoms with Gasteiger partial charge in [-0.15, -0.1) is 0 Å². The second-order valence-corrected chi connectivity index (χ2v) is 6.49. The third-order valence-electron chi connectivity index (χ3n) is 5.69. The van der Waals surface area contributed by atoms with Gasteiger partial charge >= 0.3 is 0 Å². The van der Waals surface area contributed by atoms with E-state index >= 15 is 0 Å². The fourth-order valence-corrected chi connectivity index (χ4v) is 4.70. The minimum Gasteiger partial charge on any atom is -0.508 e. The van der Waals surface area contributed by atoms with Gasteiger partial charge in [0.15, 0.2) is 0 Å². The predicted octanol–water partition coefficient (Wildman–Crippen LogP) is 2.86. The van der Waals surface area contributed by atoms with Crippen LogP contribution in [0.3, 0.4) is 0 Å². The molecule has 0 aromatic heterocycles. The lowest BCUT2D eigenvalue weighted by atomic mass is 9.54. The van der Waals surface area contributed by atoms with Gasteiger partial charge in [-0.2, -0.15) is 0 Å². The molecule has 2 aliphatic carbocycles. The third kappa shape index (κ3) is 1.47. The number of allylic oxidation sites excluding steroid dienone is 1. The molecule has 1 N–H and O–H groups in total. The molecule has 3 atom stereocenters. The van der Waals surface area contributed by atoms with Crippen LogP contribution in [0.25, 0.3) is 0 Å². The number of rotatable bonds is 0. The van der Waals surface area contributed by atoms with E-state index in [9.17, 15) is 5.11 Å². The van der Waals surface area contributed by atoms with E-state index in [1.54, 1.807) is 0 Å². The molecule has 1 saturated heterocycles. The summed E-state index contributed by atoms with van der Waals surface area (Å²) in [5.74, 6) is 1.06. The SMILES string of the molecule is CN1CC[C@@]23CCC=C[C@H]2[C@@H]1Cc1ccc(O)cc13. The highest BCUT2D eigenvalue weighted by Gasteiger charge is 2.51. The van der Waals surface area contributed by atoms with Gasteiger partial charge in [0.1, 0.15) is 5.75 Å². The summed E-state index contributed by atoms with van der Waals surface area (Å²) in [5.41, 5.74) is 3.19. The minimum atomic E-state index is 0.290. The highest BCUT2D eigenvalue weighted by atomic mass is 16.3. The highest BCUT2D eigenvalue weighted by molar-refractivity contribution is 5.46. The van der Waals surface area contributed by atoms with Crippen LogP contribution in [0.15, 0.2) is 30.4 Å². The first-order valence-corrected chi connectivity index (χ1v) is 7.40. The number of nitrogens with zero attached hydrogens (tertiary/aromatic N) is 1. The molecular weight excluding hydrogens is 234 g/mol. The van der Waals surface area contributed by atoms with Crippen LogP contribution >= 0.6 is 0 Å². The van der Waals surface area contributed by atoms with E-state index < -0.39 is 0 Å². The van der Waals surface area contributed by atoms with Crippen LogP contribution in [0.1, 0.15) is 30.4 Å². The van der Waals surface area contributed by atoms with Crippen molar-refractivity contribution < 1.29 is 5.11 Å². The fraction of sp³-hybridized carbons (Fsp3) is 0.529. The number of piperidine rings is 1. The molecule has 4 rings (SSSR count). The molecule has 3 aliphatic rings. The molecule has 1 aromatic rings. The average Bonchev–Trinajstić information content (AvgIpc) is 2.43. The number of hydrogen-bond acceptors (Lipinski definition) is 2. The molecule has 19 heavy (non-hydrogen) atoms. The van der Waals surface area contributed by atoms with E-state index in [0.717, 1.165) is 6.42 Å². The Hall–Kier alpha value is -1.28. The molecule has 0 saturated carbocycles. The van der Waals surface area contributed by atoms with Crippen molar-refractivity contribution >= 4 is 0 Å². The number of likely N-dealkylation sites (N-methyl/N-ethyl adjacent to an activating group) is 1. The van der Waals surface area contributed by atoms with Gasteiger partial charge in [0.05, 0.1) is 0 Å². The molecule has 1 fully saturated rings. The van der Waals surface area contributed by atoms with Gasteiger partial charge in [0.2, 0.25) is 0 Å². The number of phenolic OH excluding ortho intramolecular Hbond substituents is 1. The van der Waals surface area contributed by atoms with E-state index in [2.05, 4.69) is 30.2 Å². The van der Waals surface area contributed by atoms with Crippen molar-refractivity contribution in [2.75, 3.05) is 13.6 Å². The standard InChI is InChI=1S/C17H21NO/c1-18-9-8-17-7-3-2-4-14(17)16(18)10-12-5-6-13(19)11-15(12)17/h2,4-6,11,14,16,19H,3,7-10H2,1H3/t14-,16-,17-/m0/s1. The Balaban J connectivity index is 1.94. The number of fused-ring (bicyclic) bond motifs is 1. The smallest absolute Gasteiger partial charge is 0.115 e. The number of benzene rings is 1. The summed E-state index contributed by atoms with van der Waals surface area (Å²) in [6.07, 6.45) is 9.60. The lowest BCUT2D eigenvalue weighted by Crippen LogP contribution is -2.58. The van der Waals surface area contributed by atoms with Gasteiger partial charge in [-0.25, -0.2) is 0 Å². The van der Waals surface area contributed by atoms with Crippen molar-refractivity contribution in [2.45, 2.75) is 37.1 Å². The van der Waals surface area contributed by atoms with E-state index in [-0.39, 0.29) is 5.41 Å². The quantitative estimate of drug-likeness (QED) is 0.721. The molecule has 0 spiro atoms. The Morgan fingerprint density at radius 3 is 3.11 bits per heavy atom. The number of aromatic hydroxyl groups is 1. The second kappa shape index (κ2) is 3.86. The van der Waals surface area contributed by atoms with Crippen LogP contribution < -0.4 is 0 Å². The van der Waals surface area contributed by atoms with Crippen molar-refractivity contribution in [3.05, 3.63) is 41.5 Å². The molecule has 0 amide bonds. The molecule has 2 bridgehead atoms. The first-order chi connectivity index (χ1) is 9.21. The van der Waals surface area contributed by atoms with Crippen molar-refractivity contribution in [3.8, 4) is 5.75 Å². The first-order valence-electron chi connectivity index (χ1n) is 7.40. The van der Waals surface area contributed by atoms with E-state index in [4.69, 9.17) is 0 Å². The van der Waals surface area contributed by atoms with Gasteiger partial charge < -0.3 is 10.0 Å². The van der Waals surface area contributed by atoms with Crippen LogP contribution in [-0.4, -0.2) is 29.6 Å². The number of phenols is 1. The number of likely N-dealkylation sites (tertiary alicyclic amines) is 1. The lowest BCUT2D eigenvalue weighted by Gasteiger charge is -2.56. The maximum atomic E-state index is 9.90. The summed E-state index contributed by atoms with van der Waals surface area (Å²) in [6, 6.07) is 6.68. The Morgan fingerprint density at radius 2 is 2.21 bits per heavy atom. The molecule has 2 nitrogen and oxygen atoms in total. The van der Waals surface area contributed by atoms with Gasteiger partial charge in [-0.1, -0.05) is 18.2 Å². The summed E-state index contributed by atoms with van der Waals surface area (Å²) in [5, 5.41) is 9.90. The predicted molar refractivity (Wildman–Crippen MR) is 76.4 cm³/mol. The monoisotopic (exact) mass is 255 g/mol. The maximum absolute atomic E-state index is 9.90. The van der Waals surface area contributed by atoms with Crippen LogP contribution in [0.2, 0.25) is 0 Å². The van der Waals surface area contributed by atoms with Crippen LogP contribution in [0.4, 0.5) is 0 Å². The average molecular weight is 255 g/mol. The largest absolute Gasteiger partial charge is 0.508 e. The molecular formula is C17H21NO. The zero-order chi connectivity index (χ0) is 13.0. The van der Waals surface area contributed by atoms with Crippen LogP contribution in [0.5, 0.6) is 5.75 Å². The summed E-state index contributed by atoms with van der Waals surface area (Å²) < 4.78 is 0.